The largest absolute Gasteiger partial charge is 0.468 e. The number of rotatable bonds is 6. The molecule has 0 spiro atoms. The maximum absolute atomic E-state index is 11.8. The molecule has 0 radical (unpaired) electrons. The summed E-state index contributed by atoms with van der Waals surface area (Å²) in [6, 6.07) is 5.21. The molecule has 0 aliphatic rings. The lowest BCUT2D eigenvalue weighted by Gasteiger charge is -2.27. The fourth-order valence-electron chi connectivity index (χ4n) is 1.65. The van der Waals surface area contributed by atoms with Crippen molar-refractivity contribution in [3.05, 3.63) is 33.8 Å². The van der Waals surface area contributed by atoms with E-state index in [1.165, 1.54) is 14.2 Å². The molecule has 6 heteroatoms. The van der Waals surface area contributed by atoms with E-state index in [1.807, 2.05) is 6.07 Å². The molecule has 0 bridgehead atoms. The minimum absolute atomic E-state index is 0.199. The Morgan fingerprint density at radius 3 is 2.58 bits per heavy atom. The molecule has 1 aromatic carbocycles. The van der Waals surface area contributed by atoms with Gasteiger partial charge in [-0.05, 0) is 24.6 Å². The summed E-state index contributed by atoms with van der Waals surface area (Å²) < 4.78 is 9.82. The van der Waals surface area contributed by atoms with Crippen LogP contribution >= 0.6 is 23.2 Å². The van der Waals surface area contributed by atoms with Gasteiger partial charge >= 0.3 is 5.97 Å². The number of benzene rings is 1. The number of carbonyl (C=O) groups is 1. The van der Waals surface area contributed by atoms with Crippen LogP contribution in [0.15, 0.2) is 18.2 Å². The highest BCUT2D eigenvalue weighted by molar-refractivity contribution is 6.35. The number of methoxy groups -OCH3 is 2. The standard InChI is InChI=1S/C13H17Cl2NO3/c1-13(8-18-2,12(17)19-3)16-7-9-4-5-10(14)6-11(9)15/h4-6,16H,7-8H2,1-3H3. The van der Waals surface area contributed by atoms with Crippen molar-refractivity contribution in [1.82, 2.24) is 5.32 Å². The molecule has 0 heterocycles. The molecule has 1 N–H and O–H groups in total. The first-order chi connectivity index (χ1) is 8.92. The monoisotopic (exact) mass is 305 g/mol. The zero-order valence-electron chi connectivity index (χ0n) is 11.1. The maximum Gasteiger partial charge on any atom is 0.328 e. The van der Waals surface area contributed by atoms with Gasteiger partial charge in [-0.15, -0.1) is 0 Å². The van der Waals surface area contributed by atoms with Crippen molar-refractivity contribution in [2.75, 3.05) is 20.8 Å². The molecule has 19 heavy (non-hydrogen) atoms. The minimum Gasteiger partial charge on any atom is -0.468 e. The first-order valence-corrected chi connectivity index (χ1v) is 6.45. The third-order valence-electron chi connectivity index (χ3n) is 2.75. The Morgan fingerprint density at radius 2 is 2.05 bits per heavy atom. The van der Waals surface area contributed by atoms with Gasteiger partial charge < -0.3 is 9.47 Å². The van der Waals surface area contributed by atoms with Gasteiger partial charge in [0.05, 0.1) is 13.7 Å². The zero-order valence-corrected chi connectivity index (χ0v) is 12.6. The summed E-state index contributed by atoms with van der Waals surface area (Å²) >= 11 is 11.9. The van der Waals surface area contributed by atoms with E-state index in [0.29, 0.717) is 16.6 Å². The predicted molar refractivity (Wildman–Crippen MR) is 75.6 cm³/mol. The van der Waals surface area contributed by atoms with Crippen LogP contribution in [0.25, 0.3) is 0 Å². The van der Waals surface area contributed by atoms with Gasteiger partial charge in [-0.25, -0.2) is 4.79 Å². The Bertz CT molecular complexity index is 454. The summed E-state index contributed by atoms with van der Waals surface area (Å²) in [7, 11) is 2.87. The van der Waals surface area contributed by atoms with Crippen LogP contribution < -0.4 is 5.32 Å². The molecule has 0 fully saturated rings. The summed E-state index contributed by atoms with van der Waals surface area (Å²) in [4.78, 5) is 11.8. The van der Waals surface area contributed by atoms with Crippen LogP contribution in [0.5, 0.6) is 0 Å². The molecule has 0 saturated heterocycles. The molecule has 1 aromatic rings. The zero-order chi connectivity index (χ0) is 14.5. The van der Waals surface area contributed by atoms with E-state index < -0.39 is 5.54 Å². The smallest absolute Gasteiger partial charge is 0.328 e. The van der Waals surface area contributed by atoms with Gasteiger partial charge in [0.15, 0.2) is 0 Å². The van der Waals surface area contributed by atoms with Gasteiger partial charge in [0.2, 0.25) is 0 Å². The van der Waals surface area contributed by atoms with E-state index in [-0.39, 0.29) is 12.6 Å². The quantitative estimate of drug-likeness (QED) is 0.821. The second kappa shape index (κ2) is 7.10. The van der Waals surface area contributed by atoms with Crippen molar-refractivity contribution in [2.45, 2.75) is 19.0 Å². The SMILES string of the molecule is COCC(C)(NCc1ccc(Cl)cc1Cl)C(=O)OC. The van der Waals surface area contributed by atoms with E-state index in [9.17, 15) is 4.79 Å². The van der Waals surface area contributed by atoms with Gasteiger partial charge in [0.25, 0.3) is 0 Å². The average molecular weight is 306 g/mol. The lowest BCUT2D eigenvalue weighted by Crippen LogP contribution is -2.53. The average Bonchev–Trinajstić information content (AvgIpc) is 2.37. The van der Waals surface area contributed by atoms with Gasteiger partial charge in [0.1, 0.15) is 5.54 Å². The highest BCUT2D eigenvalue weighted by Crippen LogP contribution is 2.21. The molecule has 1 rings (SSSR count). The lowest BCUT2D eigenvalue weighted by molar-refractivity contribution is -0.150. The Hall–Kier alpha value is -0.810. The van der Waals surface area contributed by atoms with Crippen LogP contribution in [0, 0.1) is 0 Å². The van der Waals surface area contributed by atoms with Crippen LogP contribution in [0.4, 0.5) is 0 Å². The molecular formula is C13H17Cl2NO3. The topological polar surface area (TPSA) is 47.6 Å². The molecule has 0 aliphatic carbocycles. The number of halogens is 2. The minimum atomic E-state index is -0.924. The number of ether oxygens (including phenoxy) is 2. The van der Waals surface area contributed by atoms with E-state index in [4.69, 9.17) is 32.7 Å². The second-order valence-corrected chi connectivity index (χ2v) is 5.19. The Labute approximate surface area is 123 Å². The van der Waals surface area contributed by atoms with Crippen LogP contribution in [0.1, 0.15) is 12.5 Å². The fourth-order valence-corrected chi connectivity index (χ4v) is 2.13. The van der Waals surface area contributed by atoms with E-state index in [0.717, 1.165) is 5.56 Å². The molecule has 4 nitrogen and oxygen atoms in total. The fraction of sp³-hybridized carbons (Fsp3) is 0.462. The first kappa shape index (κ1) is 16.2. The highest BCUT2D eigenvalue weighted by atomic mass is 35.5. The first-order valence-electron chi connectivity index (χ1n) is 5.69. The summed E-state index contributed by atoms with van der Waals surface area (Å²) in [5.41, 5.74) is -0.0794. The van der Waals surface area contributed by atoms with Gasteiger partial charge in [-0.3, -0.25) is 5.32 Å². The summed E-state index contributed by atoms with van der Waals surface area (Å²) in [5, 5.41) is 4.21. The van der Waals surface area contributed by atoms with E-state index >= 15 is 0 Å². The summed E-state index contributed by atoms with van der Waals surface area (Å²) in [5.74, 6) is -0.389. The van der Waals surface area contributed by atoms with Gasteiger partial charge in [-0.2, -0.15) is 0 Å². The van der Waals surface area contributed by atoms with Crippen LogP contribution in [0.2, 0.25) is 10.0 Å². The van der Waals surface area contributed by atoms with Crippen LogP contribution in [0.3, 0.4) is 0 Å². The lowest BCUT2D eigenvalue weighted by atomic mass is 10.0. The van der Waals surface area contributed by atoms with Crippen molar-refractivity contribution in [3.8, 4) is 0 Å². The number of hydrogen-bond donors (Lipinski definition) is 1. The second-order valence-electron chi connectivity index (χ2n) is 4.35. The van der Waals surface area contributed by atoms with Crippen LogP contribution in [-0.2, 0) is 20.8 Å². The molecule has 0 aliphatic heterocycles. The number of carbonyl (C=O) groups excluding carboxylic acids is 1. The van der Waals surface area contributed by atoms with E-state index in [1.54, 1.807) is 19.1 Å². The Kier molecular flexibility index (Phi) is 6.07. The van der Waals surface area contributed by atoms with Crippen molar-refractivity contribution in [2.24, 2.45) is 0 Å². The molecule has 106 valence electrons. The number of nitrogens with one attached hydrogen (secondary N) is 1. The maximum atomic E-state index is 11.8. The van der Waals surface area contributed by atoms with Gasteiger partial charge in [0, 0.05) is 23.7 Å². The van der Waals surface area contributed by atoms with Crippen LogP contribution in [-0.4, -0.2) is 32.3 Å². The van der Waals surface area contributed by atoms with Crippen molar-refractivity contribution in [1.29, 1.82) is 0 Å². The third-order valence-corrected chi connectivity index (χ3v) is 3.34. The van der Waals surface area contributed by atoms with E-state index in [2.05, 4.69) is 5.32 Å². The van der Waals surface area contributed by atoms with Gasteiger partial charge in [-0.1, -0.05) is 29.3 Å². The number of hydrogen-bond acceptors (Lipinski definition) is 4. The van der Waals surface area contributed by atoms with Crippen molar-refractivity contribution < 1.29 is 14.3 Å². The normalized spacial score (nSPS) is 13.9. The molecule has 1 atom stereocenters. The predicted octanol–water partition coefficient (Wildman–Crippen LogP) is 2.66. The Morgan fingerprint density at radius 1 is 1.37 bits per heavy atom. The Balaban J connectivity index is 2.79. The number of esters is 1. The molecule has 1 unspecified atom stereocenters. The molecular weight excluding hydrogens is 289 g/mol. The molecule has 0 saturated carbocycles. The highest BCUT2D eigenvalue weighted by Gasteiger charge is 2.34. The summed E-state index contributed by atoms with van der Waals surface area (Å²) in [6.07, 6.45) is 0. The molecule has 0 amide bonds. The molecule has 0 aromatic heterocycles. The van der Waals surface area contributed by atoms with Crippen molar-refractivity contribution in [3.63, 3.8) is 0 Å². The third kappa shape index (κ3) is 4.35. The summed E-state index contributed by atoms with van der Waals surface area (Å²) in [6.45, 7) is 2.32. The van der Waals surface area contributed by atoms with Crippen molar-refractivity contribution >= 4 is 29.2 Å².